The molecular formula is C8H12O2. The fourth-order valence-electron chi connectivity index (χ4n) is 0.960. The molecule has 1 rings (SSSR count). The maximum Gasteiger partial charge on any atom is 0.309 e. The van der Waals surface area contributed by atoms with Crippen LogP contribution in [0.2, 0.25) is 0 Å². The standard InChI is InChI=1S/C8H12O2/c1-2-7-5-3-4-6-8(9)10-7/h3-4,7H,2,5-6H2,1H3. The first-order valence-electron chi connectivity index (χ1n) is 3.67. The van der Waals surface area contributed by atoms with Gasteiger partial charge >= 0.3 is 5.97 Å². The first-order chi connectivity index (χ1) is 4.83. The van der Waals surface area contributed by atoms with E-state index >= 15 is 0 Å². The van der Waals surface area contributed by atoms with Crippen LogP contribution in [0.5, 0.6) is 0 Å². The minimum Gasteiger partial charge on any atom is -0.462 e. The van der Waals surface area contributed by atoms with Gasteiger partial charge in [0, 0.05) is 6.42 Å². The Balaban J connectivity index is 2.48. The van der Waals surface area contributed by atoms with E-state index in [1.54, 1.807) is 0 Å². The zero-order valence-corrected chi connectivity index (χ0v) is 6.17. The number of hydrogen-bond donors (Lipinski definition) is 0. The lowest BCUT2D eigenvalue weighted by atomic mass is 10.2. The molecule has 1 aliphatic heterocycles. The van der Waals surface area contributed by atoms with E-state index in [1.807, 2.05) is 19.1 Å². The Morgan fingerprint density at radius 1 is 1.70 bits per heavy atom. The molecular weight excluding hydrogens is 128 g/mol. The fraction of sp³-hybridized carbons (Fsp3) is 0.625. The van der Waals surface area contributed by atoms with Crippen LogP contribution in [0.25, 0.3) is 0 Å². The average Bonchev–Trinajstić information content (AvgIpc) is 2.13. The number of esters is 1. The Hall–Kier alpha value is -0.790. The zero-order valence-electron chi connectivity index (χ0n) is 6.17. The van der Waals surface area contributed by atoms with Crippen molar-refractivity contribution in [1.82, 2.24) is 0 Å². The summed E-state index contributed by atoms with van der Waals surface area (Å²) in [5.74, 6) is -0.0967. The van der Waals surface area contributed by atoms with E-state index in [4.69, 9.17) is 4.74 Å². The molecule has 0 aromatic heterocycles. The van der Waals surface area contributed by atoms with Gasteiger partial charge in [0.1, 0.15) is 6.10 Å². The summed E-state index contributed by atoms with van der Waals surface area (Å²) >= 11 is 0. The molecule has 0 aromatic rings. The van der Waals surface area contributed by atoms with Crippen LogP contribution in [0.1, 0.15) is 26.2 Å². The summed E-state index contributed by atoms with van der Waals surface area (Å²) in [6.07, 6.45) is 6.23. The maximum atomic E-state index is 10.8. The monoisotopic (exact) mass is 140 g/mol. The van der Waals surface area contributed by atoms with E-state index in [9.17, 15) is 4.79 Å². The van der Waals surface area contributed by atoms with Crippen molar-refractivity contribution in [3.8, 4) is 0 Å². The molecule has 1 heterocycles. The Morgan fingerprint density at radius 3 is 3.20 bits per heavy atom. The summed E-state index contributed by atoms with van der Waals surface area (Å²) in [5, 5.41) is 0. The van der Waals surface area contributed by atoms with Crippen LogP contribution in [-0.2, 0) is 9.53 Å². The van der Waals surface area contributed by atoms with E-state index in [0.717, 1.165) is 12.8 Å². The molecule has 0 aliphatic carbocycles. The molecule has 0 bridgehead atoms. The largest absolute Gasteiger partial charge is 0.462 e. The predicted octanol–water partition coefficient (Wildman–Crippen LogP) is 1.66. The fourth-order valence-corrected chi connectivity index (χ4v) is 0.960. The van der Waals surface area contributed by atoms with Crippen molar-refractivity contribution in [3.05, 3.63) is 12.2 Å². The zero-order chi connectivity index (χ0) is 7.40. The third-order valence-electron chi connectivity index (χ3n) is 1.60. The highest BCUT2D eigenvalue weighted by molar-refractivity contribution is 5.71. The average molecular weight is 140 g/mol. The second kappa shape index (κ2) is 3.40. The van der Waals surface area contributed by atoms with Gasteiger partial charge in [-0.1, -0.05) is 19.1 Å². The molecule has 0 radical (unpaired) electrons. The second-order valence-electron chi connectivity index (χ2n) is 2.43. The Labute approximate surface area is 60.9 Å². The molecule has 0 saturated carbocycles. The second-order valence-corrected chi connectivity index (χ2v) is 2.43. The Morgan fingerprint density at radius 2 is 2.50 bits per heavy atom. The maximum absolute atomic E-state index is 10.8. The van der Waals surface area contributed by atoms with Gasteiger partial charge in [-0.2, -0.15) is 0 Å². The van der Waals surface area contributed by atoms with Gasteiger partial charge < -0.3 is 4.74 Å². The number of rotatable bonds is 1. The Kier molecular flexibility index (Phi) is 2.49. The van der Waals surface area contributed by atoms with Crippen LogP contribution < -0.4 is 0 Å². The first-order valence-corrected chi connectivity index (χ1v) is 3.67. The van der Waals surface area contributed by atoms with Crippen LogP contribution in [0, 0.1) is 0 Å². The van der Waals surface area contributed by atoms with E-state index < -0.39 is 0 Å². The number of hydrogen-bond acceptors (Lipinski definition) is 2. The molecule has 0 spiro atoms. The highest BCUT2D eigenvalue weighted by Gasteiger charge is 2.12. The first kappa shape index (κ1) is 7.32. The van der Waals surface area contributed by atoms with Crippen molar-refractivity contribution >= 4 is 5.97 Å². The summed E-state index contributed by atoms with van der Waals surface area (Å²) in [7, 11) is 0. The molecule has 1 aliphatic rings. The summed E-state index contributed by atoms with van der Waals surface area (Å²) in [6, 6.07) is 0. The van der Waals surface area contributed by atoms with Crippen LogP contribution in [0.15, 0.2) is 12.2 Å². The molecule has 2 nitrogen and oxygen atoms in total. The van der Waals surface area contributed by atoms with Crippen molar-refractivity contribution in [1.29, 1.82) is 0 Å². The minimum atomic E-state index is -0.0967. The van der Waals surface area contributed by atoms with Crippen molar-refractivity contribution in [2.24, 2.45) is 0 Å². The summed E-state index contributed by atoms with van der Waals surface area (Å²) in [6.45, 7) is 2.02. The normalized spacial score (nSPS) is 25.7. The van der Waals surface area contributed by atoms with Gasteiger partial charge in [0.15, 0.2) is 0 Å². The third-order valence-corrected chi connectivity index (χ3v) is 1.60. The molecule has 0 saturated heterocycles. The van der Waals surface area contributed by atoms with Crippen molar-refractivity contribution in [3.63, 3.8) is 0 Å². The van der Waals surface area contributed by atoms with E-state index in [0.29, 0.717) is 6.42 Å². The van der Waals surface area contributed by atoms with Crippen molar-refractivity contribution in [2.45, 2.75) is 32.3 Å². The topological polar surface area (TPSA) is 26.3 Å². The molecule has 0 fully saturated rings. The van der Waals surface area contributed by atoms with Gasteiger partial charge in [0.05, 0.1) is 6.42 Å². The van der Waals surface area contributed by atoms with Gasteiger partial charge in [-0.05, 0) is 6.42 Å². The molecule has 2 heteroatoms. The molecule has 56 valence electrons. The quantitative estimate of drug-likeness (QED) is 0.409. The highest BCUT2D eigenvalue weighted by atomic mass is 16.5. The van der Waals surface area contributed by atoms with Gasteiger partial charge in [-0.15, -0.1) is 0 Å². The smallest absolute Gasteiger partial charge is 0.309 e. The van der Waals surface area contributed by atoms with Gasteiger partial charge in [0.25, 0.3) is 0 Å². The number of carbonyl (C=O) groups is 1. The summed E-state index contributed by atoms with van der Waals surface area (Å²) in [4.78, 5) is 10.8. The molecule has 10 heavy (non-hydrogen) atoms. The Bertz CT molecular complexity index is 149. The molecule has 0 N–H and O–H groups in total. The van der Waals surface area contributed by atoms with Crippen LogP contribution >= 0.6 is 0 Å². The van der Waals surface area contributed by atoms with Crippen molar-refractivity contribution < 1.29 is 9.53 Å². The number of cyclic esters (lactones) is 1. The highest BCUT2D eigenvalue weighted by Crippen LogP contribution is 2.10. The number of ether oxygens (including phenoxy) is 1. The lowest BCUT2D eigenvalue weighted by molar-refractivity contribution is -0.147. The minimum absolute atomic E-state index is 0.0967. The van der Waals surface area contributed by atoms with Crippen molar-refractivity contribution in [2.75, 3.05) is 0 Å². The third kappa shape index (κ3) is 1.87. The SMILES string of the molecule is CCC1CC=CCC(=O)O1. The lowest BCUT2D eigenvalue weighted by Gasteiger charge is -2.10. The molecule has 0 aromatic carbocycles. The van der Waals surface area contributed by atoms with Crippen LogP contribution in [-0.4, -0.2) is 12.1 Å². The predicted molar refractivity (Wildman–Crippen MR) is 38.5 cm³/mol. The number of carbonyl (C=O) groups excluding carboxylic acids is 1. The van der Waals surface area contributed by atoms with Crippen LogP contribution in [0.3, 0.4) is 0 Å². The molecule has 1 atom stereocenters. The summed E-state index contributed by atoms with van der Waals surface area (Å²) < 4.78 is 5.06. The van der Waals surface area contributed by atoms with Gasteiger partial charge in [-0.25, -0.2) is 0 Å². The van der Waals surface area contributed by atoms with E-state index in [-0.39, 0.29) is 12.1 Å². The van der Waals surface area contributed by atoms with E-state index in [2.05, 4.69) is 0 Å². The van der Waals surface area contributed by atoms with Gasteiger partial charge in [-0.3, -0.25) is 4.79 Å². The van der Waals surface area contributed by atoms with E-state index in [1.165, 1.54) is 0 Å². The van der Waals surface area contributed by atoms with Gasteiger partial charge in [0.2, 0.25) is 0 Å². The summed E-state index contributed by atoms with van der Waals surface area (Å²) in [5.41, 5.74) is 0. The molecule has 1 unspecified atom stereocenters. The lowest BCUT2D eigenvalue weighted by Crippen LogP contribution is -2.13. The van der Waals surface area contributed by atoms with Crippen LogP contribution in [0.4, 0.5) is 0 Å². The molecule has 0 amide bonds.